The fourth-order valence-electron chi connectivity index (χ4n) is 2.72. The number of benzene rings is 1. The molecule has 1 aliphatic rings. The van der Waals surface area contributed by atoms with Gasteiger partial charge in [0.15, 0.2) is 0 Å². The quantitative estimate of drug-likeness (QED) is 0.699. The van der Waals surface area contributed by atoms with Crippen molar-refractivity contribution in [1.29, 1.82) is 0 Å². The predicted molar refractivity (Wildman–Crippen MR) is 89.5 cm³/mol. The number of nitrogens with one attached hydrogen (secondary N) is 1. The molecule has 4 heteroatoms. The highest BCUT2D eigenvalue weighted by molar-refractivity contribution is 7.99. The first kappa shape index (κ1) is 16.8. The van der Waals surface area contributed by atoms with Crippen molar-refractivity contribution in [2.24, 2.45) is 0 Å². The highest BCUT2D eigenvalue weighted by Gasteiger charge is 2.17. The predicted octanol–water partition coefficient (Wildman–Crippen LogP) is 3.77. The Morgan fingerprint density at radius 3 is 2.76 bits per heavy atom. The Bertz CT molecular complexity index is 390. The summed E-state index contributed by atoms with van der Waals surface area (Å²) in [5.41, 5.74) is 0. The molecule has 118 valence electrons. The number of rotatable bonds is 9. The second-order valence-electron chi connectivity index (χ2n) is 5.75. The summed E-state index contributed by atoms with van der Waals surface area (Å²) in [6.07, 6.45) is 5.15. The molecule has 0 amide bonds. The van der Waals surface area contributed by atoms with Crippen molar-refractivity contribution in [3.8, 4) is 0 Å². The van der Waals surface area contributed by atoms with E-state index in [1.807, 2.05) is 23.9 Å². The Hall–Kier alpha value is -0.580. The lowest BCUT2D eigenvalue weighted by Crippen LogP contribution is -2.39. The molecule has 2 rings (SSSR count). The van der Waals surface area contributed by atoms with Crippen molar-refractivity contribution >= 4 is 11.8 Å². The van der Waals surface area contributed by atoms with Crippen LogP contribution in [0.2, 0.25) is 0 Å². The normalized spacial score (nSPS) is 18.5. The molecule has 0 spiro atoms. The molecule has 1 atom stereocenters. The number of halogens is 1. The highest BCUT2D eigenvalue weighted by atomic mass is 32.2. The van der Waals surface area contributed by atoms with Crippen LogP contribution in [0.1, 0.15) is 32.6 Å². The van der Waals surface area contributed by atoms with Gasteiger partial charge in [-0.2, -0.15) is 0 Å². The molecule has 2 nitrogen and oxygen atoms in total. The standard InChI is InChI=1S/C17H27FN2S/c1-2-3-11-20(14-16-5-4-10-19-16)12-13-21-17-8-6-15(18)7-9-17/h6-9,16,19H,2-5,10-14H2,1H3. The lowest BCUT2D eigenvalue weighted by Gasteiger charge is -2.25. The van der Waals surface area contributed by atoms with E-state index in [1.165, 1.54) is 45.3 Å². The third-order valence-corrected chi connectivity index (χ3v) is 4.95. The van der Waals surface area contributed by atoms with E-state index >= 15 is 0 Å². The molecule has 0 bridgehead atoms. The molecule has 1 aromatic rings. The minimum Gasteiger partial charge on any atom is -0.313 e. The summed E-state index contributed by atoms with van der Waals surface area (Å²) in [5.74, 6) is 0.915. The van der Waals surface area contributed by atoms with Gasteiger partial charge in [-0.25, -0.2) is 4.39 Å². The van der Waals surface area contributed by atoms with Gasteiger partial charge in [0, 0.05) is 29.8 Å². The summed E-state index contributed by atoms with van der Waals surface area (Å²) in [7, 11) is 0. The van der Waals surface area contributed by atoms with Gasteiger partial charge in [0.1, 0.15) is 5.82 Å². The van der Waals surface area contributed by atoms with Crippen molar-refractivity contribution in [2.45, 2.75) is 43.5 Å². The van der Waals surface area contributed by atoms with E-state index in [4.69, 9.17) is 0 Å². The van der Waals surface area contributed by atoms with Gasteiger partial charge in [-0.3, -0.25) is 0 Å². The molecule has 1 aliphatic heterocycles. The van der Waals surface area contributed by atoms with Crippen LogP contribution in [0.3, 0.4) is 0 Å². The molecule has 0 aliphatic carbocycles. The average Bonchev–Trinajstić information content (AvgIpc) is 2.99. The fourth-order valence-corrected chi connectivity index (χ4v) is 3.64. The first-order chi connectivity index (χ1) is 10.3. The molecule has 0 saturated carbocycles. The molecule has 1 unspecified atom stereocenters. The summed E-state index contributed by atoms with van der Waals surface area (Å²) in [6.45, 7) is 6.90. The zero-order valence-electron chi connectivity index (χ0n) is 13.0. The number of hydrogen-bond donors (Lipinski definition) is 1. The lowest BCUT2D eigenvalue weighted by molar-refractivity contribution is 0.259. The van der Waals surface area contributed by atoms with Crippen molar-refractivity contribution < 1.29 is 4.39 Å². The van der Waals surface area contributed by atoms with Gasteiger partial charge in [0.25, 0.3) is 0 Å². The molecule has 1 saturated heterocycles. The molecule has 1 aromatic carbocycles. The summed E-state index contributed by atoms with van der Waals surface area (Å²) >= 11 is 1.82. The van der Waals surface area contributed by atoms with E-state index in [0.717, 1.165) is 17.2 Å². The van der Waals surface area contributed by atoms with E-state index < -0.39 is 0 Å². The Kier molecular flexibility index (Phi) is 7.54. The van der Waals surface area contributed by atoms with E-state index in [0.29, 0.717) is 6.04 Å². The third kappa shape index (κ3) is 6.37. The molecular formula is C17H27FN2S. The van der Waals surface area contributed by atoms with E-state index in [9.17, 15) is 4.39 Å². The Morgan fingerprint density at radius 1 is 1.29 bits per heavy atom. The summed E-state index contributed by atoms with van der Waals surface area (Å²) in [5, 5.41) is 3.59. The minimum atomic E-state index is -0.156. The van der Waals surface area contributed by atoms with Gasteiger partial charge in [-0.1, -0.05) is 13.3 Å². The van der Waals surface area contributed by atoms with E-state index in [1.54, 1.807) is 12.1 Å². The van der Waals surface area contributed by atoms with E-state index in [2.05, 4.69) is 17.1 Å². The molecule has 0 aromatic heterocycles. The van der Waals surface area contributed by atoms with Crippen molar-refractivity contribution in [2.75, 3.05) is 31.9 Å². The van der Waals surface area contributed by atoms with Crippen molar-refractivity contribution in [3.05, 3.63) is 30.1 Å². The van der Waals surface area contributed by atoms with E-state index in [-0.39, 0.29) is 5.82 Å². The van der Waals surface area contributed by atoms with Crippen LogP contribution in [0.25, 0.3) is 0 Å². The van der Waals surface area contributed by atoms with Crippen molar-refractivity contribution in [3.63, 3.8) is 0 Å². The second-order valence-corrected chi connectivity index (χ2v) is 6.92. The maximum atomic E-state index is 12.9. The number of unbranched alkanes of at least 4 members (excludes halogenated alkanes) is 1. The zero-order valence-corrected chi connectivity index (χ0v) is 13.8. The molecule has 21 heavy (non-hydrogen) atoms. The Balaban J connectivity index is 1.73. The minimum absolute atomic E-state index is 0.156. The van der Waals surface area contributed by atoms with Crippen LogP contribution < -0.4 is 5.32 Å². The van der Waals surface area contributed by atoms with Crippen LogP contribution in [0.15, 0.2) is 29.2 Å². The maximum absolute atomic E-state index is 12.9. The van der Waals surface area contributed by atoms with Crippen LogP contribution in [0, 0.1) is 5.82 Å². The monoisotopic (exact) mass is 310 g/mol. The molecule has 1 fully saturated rings. The van der Waals surface area contributed by atoms with Crippen LogP contribution >= 0.6 is 11.8 Å². The van der Waals surface area contributed by atoms with Gasteiger partial charge in [0.05, 0.1) is 0 Å². The number of nitrogens with zero attached hydrogens (tertiary/aromatic N) is 1. The smallest absolute Gasteiger partial charge is 0.123 e. The van der Waals surface area contributed by atoms with Crippen LogP contribution in [-0.2, 0) is 0 Å². The first-order valence-electron chi connectivity index (χ1n) is 8.12. The molecule has 1 N–H and O–H groups in total. The van der Waals surface area contributed by atoms with Crippen LogP contribution in [0.4, 0.5) is 4.39 Å². The van der Waals surface area contributed by atoms with Gasteiger partial charge in [-0.15, -0.1) is 11.8 Å². The van der Waals surface area contributed by atoms with Gasteiger partial charge >= 0.3 is 0 Å². The summed E-state index contributed by atoms with van der Waals surface area (Å²) in [4.78, 5) is 3.74. The molecular weight excluding hydrogens is 283 g/mol. The average molecular weight is 310 g/mol. The number of thioether (sulfide) groups is 1. The molecule has 0 radical (unpaired) electrons. The first-order valence-corrected chi connectivity index (χ1v) is 9.10. The summed E-state index contributed by atoms with van der Waals surface area (Å²) in [6, 6.07) is 7.50. The van der Waals surface area contributed by atoms with Crippen LogP contribution in [0.5, 0.6) is 0 Å². The van der Waals surface area contributed by atoms with Gasteiger partial charge in [-0.05, 0) is 56.6 Å². The Labute approximate surface area is 132 Å². The Morgan fingerprint density at radius 2 is 2.10 bits per heavy atom. The largest absolute Gasteiger partial charge is 0.313 e. The topological polar surface area (TPSA) is 15.3 Å². The summed E-state index contributed by atoms with van der Waals surface area (Å²) < 4.78 is 12.9. The maximum Gasteiger partial charge on any atom is 0.123 e. The third-order valence-electron chi connectivity index (χ3n) is 3.96. The van der Waals surface area contributed by atoms with Crippen molar-refractivity contribution in [1.82, 2.24) is 10.2 Å². The van der Waals surface area contributed by atoms with Gasteiger partial charge in [0.2, 0.25) is 0 Å². The lowest BCUT2D eigenvalue weighted by atomic mass is 10.2. The fraction of sp³-hybridized carbons (Fsp3) is 0.647. The molecule has 1 heterocycles. The highest BCUT2D eigenvalue weighted by Crippen LogP contribution is 2.18. The van der Waals surface area contributed by atoms with Gasteiger partial charge < -0.3 is 10.2 Å². The second kappa shape index (κ2) is 9.44. The number of hydrogen-bond acceptors (Lipinski definition) is 3. The van der Waals surface area contributed by atoms with Crippen LogP contribution in [-0.4, -0.2) is 42.9 Å². The zero-order chi connectivity index (χ0) is 14.9. The SMILES string of the molecule is CCCCN(CCSc1ccc(F)cc1)CC1CCCN1.